The molecular weight excluding hydrogens is 240 g/mol. The van der Waals surface area contributed by atoms with Crippen LogP contribution in [-0.4, -0.2) is 24.0 Å². The maximum Gasteiger partial charge on any atom is 0.156 e. The van der Waals surface area contributed by atoms with Gasteiger partial charge in [0.2, 0.25) is 0 Å². The molecule has 2 nitrogen and oxygen atoms in total. The van der Waals surface area contributed by atoms with Crippen LogP contribution >= 0.6 is 11.8 Å². The molecule has 0 atom stereocenters. The summed E-state index contributed by atoms with van der Waals surface area (Å²) in [7, 11) is 0. The summed E-state index contributed by atoms with van der Waals surface area (Å²) < 4.78 is 0. The third-order valence-electron chi connectivity index (χ3n) is 3.18. The van der Waals surface area contributed by atoms with E-state index < -0.39 is 0 Å². The van der Waals surface area contributed by atoms with Gasteiger partial charge in [-0.25, -0.2) is 0 Å². The Labute approximate surface area is 114 Å². The van der Waals surface area contributed by atoms with Crippen LogP contribution in [0.25, 0.3) is 0 Å². The second-order valence-corrected chi connectivity index (χ2v) is 6.64. The molecule has 0 fully saturated rings. The average molecular weight is 262 g/mol. The Balaban J connectivity index is 1.80. The van der Waals surface area contributed by atoms with Gasteiger partial charge in [-0.1, -0.05) is 49.9 Å². The van der Waals surface area contributed by atoms with Gasteiger partial charge >= 0.3 is 0 Å². The summed E-state index contributed by atoms with van der Waals surface area (Å²) in [5.41, 5.74) is 3.15. The van der Waals surface area contributed by atoms with E-state index in [9.17, 15) is 0 Å². The van der Waals surface area contributed by atoms with Gasteiger partial charge in [0, 0.05) is 18.8 Å². The van der Waals surface area contributed by atoms with Gasteiger partial charge in [-0.3, -0.25) is 4.99 Å². The first-order valence-corrected chi connectivity index (χ1v) is 7.51. The lowest BCUT2D eigenvalue weighted by molar-refractivity contribution is 0.437. The number of rotatable bonds is 3. The van der Waals surface area contributed by atoms with Crippen molar-refractivity contribution in [2.24, 2.45) is 10.4 Å². The lowest BCUT2D eigenvalue weighted by atomic mass is 9.97. The predicted molar refractivity (Wildman–Crippen MR) is 81.4 cm³/mol. The van der Waals surface area contributed by atoms with E-state index in [-0.39, 0.29) is 0 Å². The van der Waals surface area contributed by atoms with Gasteiger partial charge in [0.25, 0.3) is 0 Å². The lowest BCUT2D eigenvalue weighted by Gasteiger charge is -2.27. The Morgan fingerprint density at radius 2 is 2.11 bits per heavy atom. The SMILES string of the molecule is Cc1ccccc1CCNC1=NCC(C)(C)CS1. The number of nitrogens with zero attached hydrogens (tertiary/aromatic N) is 1. The molecule has 0 aliphatic carbocycles. The van der Waals surface area contributed by atoms with E-state index in [4.69, 9.17) is 0 Å². The fourth-order valence-corrected chi connectivity index (χ4v) is 2.92. The Bertz CT molecular complexity index is 438. The minimum Gasteiger partial charge on any atom is -0.365 e. The van der Waals surface area contributed by atoms with Crippen LogP contribution in [0.5, 0.6) is 0 Å². The van der Waals surface area contributed by atoms with Crippen LogP contribution in [0, 0.1) is 12.3 Å². The van der Waals surface area contributed by atoms with Crippen molar-refractivity contribution in [3.8, 4) is 0 Å². The van der Waals surface area contributed by atoms with Gasteiger partial charge in [-0.15, -0.1) is 0 Å². The van der Waals surface area contributed by atoms with E-state index >= 15 is 0 Å². The van der Waals surface area contributed by atoms with Crippen LogP contribution < -0.4 is 5.32 Å². The molecule has 0 unspecified atom stereocenters. The highest BCUT2D eigenvalue weighted by Gasteiger charge is 2.22. The molecule has 1 heterocycles. The number of aryl methyl sites for hydroxylation is 1. The molecule has 1 aromatic carbocycles. The van der Waals surface area contributed by atoms with Crippen LogP contribution in [0.15, 0.2) is 29.3 Å². The van der Waals surface area contributed by atoms with Crippen LogP contribution in [0.4, 0.5) is 0 Å². The Hall–Kier alpha value is -0.960. The van der Waals surface area contributed by atoms with Crippen LogP contribution in [-0.2, 0) is 6.42 Å². The topological polar surface area (TPSA) is 24.4 Å². The summed E-state index contributed by atoms with van der Waals surface area (Å²) in [5.74, 6) is 1.16. The van der Waals surface area contributed by atoms with Crippen molar-refractivity contribution in [1.82, 2.24) is 5.32 Å². The first-order valence-electron chi connectivity index (χ1n) is 6.52. The van der Waals surface area contributed by atoms with Crippen molar-refractivity contribution in [3.63, 3.8) is 0 Å². The lowest BCUT2D eigenvalue weighted by Crippen LogP contribution is -2.32. The monoisotopic (exact) mass is 262 g/mol. The van der Waals surface area contributed by atoms with Gasteiger partial charge in [-0.2, -0.15) is 0 Å². The second-order valence-electron chi connectivity index (χ2n) is 5.68. The molecule has 98 valence electrons. The van der Waals surface area contributed by atoms with E-state index in [1.54, 1.807) is 0 Å². The van der Waals surface area contributed by atoms with Crippen LogP contribution in [0.3, 0.4) is 0 Å². The van der Waals surface area contributed by atoms with Crippen molar-refractivity contribution < 1.29 is 0 Å². The molecular formula is C15H22N2S. The minimum atomic E-state index is 0.353. The standard InChI is InChI=1S/C15H22N2S/c1-12-6-4-5-7-13(12)8-9-16-14-17-10-15(2,3)11-18-14/h4-7H,8-11H2,1-3H3,(H,16,17). The molecule has 1 N–H and O–H groups in total. The molecule has 0 bridgehead atoms. The number of nitrogens with one attached hydrogen (secondary N) is 1. The summed E-state index contributed by atoms with van der Waals surface area (Å²) in [6, 6.07) is 8.58. The quantitative estimate of drug-likeness (QED) is 0.904. The average Bonchev–Trinajstić information content (AvgIpc) is 2.34. The third-order valence-corrected chi connectivity index (χ3v) is 4.65. The number of aliphatic imine (C=N–C) groups is 1. The summed E-state index contributed by atoms with van der Waals surface area (Å²) in [4.78, 5) is 4.60. The van der Waals surface area contributed by atoms with Crippen molar-refractivity contribution in [2.45, 2.75) is 27.2 Å². The Kier molecular flexibility index (Phi) is 4.33. The van der Waals surface area contributed by atoms with Gasteiger partial charge in [0.1, 0.15) is 0 Å². The van der Waals surface area contributed by atoms with E-state index in [0.29, 0.717) is 5.41 Å². The summed E-state index contributed by atoms with van der Waals surface area (Å²) in [5, 5.41) is 4.56. The summed E-state index contributed by atoms with van der Waals surface area (Å²) in [6.07, 6.45) is 1.07. The molecule has 0 amide bonds. The molecule has 0 aromatic heterocycles. The van der Waals surface area contributed by atoms with Gasteiger partial charge in [0.05, 0.1) is 0 Å². The zero-order valence-corrected chi connectivity index (χ0v) is 12.3. The molecule has 0 radical (unpaired) electrons. The molecule has 1 aromatic rings. The highest BCUT2D eigenvalue weighted by molar-refractivity contribution is 8.13. The normalized spacial score (nSPS) is 18.3. The number of hydrogen-bond acceptors (Lipinski definition) is 3. The summed E-state index contributed by atoms with van der Waals surface area (Å²) in [6.45, 7) is 8.62. The van der Waals surface area contributed by atoms with Crippen molar-refractivity contribution in [1.29, 1.82) is 0 Å². The molecule has 3 heteroatoms. The van der Waals surface area contributed by atoms with Gasteiger partial charge in [-0.05, 0) is 29.9 Å². The Morgan fingerprint density at radius 1 is 1.33 bits per heavy atom. The molecule has 0 spiro atoms. The maximum absolute atomic E-state index is 4.60. The number of amidine groups is 1. The predicted octanol–water partition coefficient (Wildman–Crippen LogP) is 3.26. The number of thioether (sulfide) groups is 1. The van der Waals surface area contributed by atoms with Crippen molar-refractivity contribution in [2.75, 3.05) is 18.8 Å². The molecule has 1 aliphatic heterocycles. The van der Waals surface area contributed by atoms with Crippen LogP contribution in [0.1, 0.15) is 25.0 Å². The highest BCUT2D eigenvalue weighted by atomic mass is 32.2. The first kappa shape index (κ1) is 13.5. The zero-order chi connectivity index (χ0) is 13.0. The summed E-state index contributed by atoms with van der Waals surface area (Å²) >= 11 is 1.85. The molecule has 18 heavy (non-hydrogen) atoms. The van der Waals surface area contributed by atoms with Gasteiger partial charge in [0.15, 0.2) is 5.17 Å². The van der Waals surface area contributed by atoms with E-state index in [1.165, 1.54) is 11.1 Å². The third kappa shape index (κ3) is 3.77. The van der Waals surface area contributed by atoms with Crippen molar-refractivity contribution in [3.05, 3.63) is 35.4 Å². The largest absolute Gasteiger partial charge is 0.365 e. The van der Waals surface area contributed by atoms with Gasteiger partial charge < -0.3 is 5.32 Å². The van der Waals surface area contributed by atoms with Crippen molar-refractivity contribution >= 4 is 16.9 Å². The molecule has 2 rings (SSSR count). The van der Waals surface area contributed by atoms with E-state index in [1.807, 2.05) is 11.8 Å². The first-order chi connectivity index (χ1) is 8.57. The number of benzene rings is 1. The zero-order valence-electron chi connectivity index (χ0n) is 11.5. The van der Waals surface area contributed by atoms with E-state index in [0.717, 1.165) is 30.4 Å². The Morgan fingerprint density at radius 3 is 2.78 bits per heavy atom. The molecule has 0 saturated carbocycles. The fourth-order valence-electron chi connectivity index (χ4n) is 1.94. The number of hydrogen-bond donors (Lipinski definition) is 1. The van der Waals surface area contributed by atoms with Crippen LogP contribution in [0.2, 0.25) is 0 Å². The fraction of sp³-hybridized carbons (Fsp3) is 0.533. The smallest absolute Gasteiger partial charge is 0.156 e. The maximum atomic E-state index is 4.60. The molecule has 1 aliphatic rings. The highest BCUT2D eigenvalue weighted by Crippen LogP contribution is 2.26. The molecule has 0 saturated heterocycles. The van der Waals surface area contributed by atoms with E-state index in [2.05, 4.69) is 55.3 Å². The minimum absolute atomic E-state index is 0.353. The second kappa shape index (κ2) is 5.79.